The molecular formula is C24H21N3O4. The Balaban J connectivity index is 1.54. The van der Waals surface area contributed by atoms with Crippen LogP contribution < -0.4 is 4.74 Å². The predicted octanol–water partition coefficient (Wildman–Crippen LogP) is 3.62. The predicted molar refractivity (Wildman–Crippen MR) is 115 cm³/mol. The fourth-order valence-corrected chi connectivity index (χ4v) is 3.39. The van der Waals surface area contributed by atoms with Crippen LogP contribution in [0.2, 0.25) is 0 Å². The van der Waals surface area contributed by atoms with Crippen LogP contribution in [0.25, 0.3) is 0 Å². The number of amides is 1. The maximum Gasteiger partial charge on any atom is 0.340 e. The molecule has 7 nitrogen and oxygen atoms in total. The van der Waals surface area contributed by atoms with E-state index >= 15 is 0 Å². The summed E-state index contributed by atoms with van der Waals surface area (Å²) in [5, 5.41) is 5.98. The van der Waals surface area contributed by atoms with Gasteiger partial charge in [0.05, 0.1) is 24.4 Å². The van der Waals surface area contributed by atoms with E-state index in [1.54, 1.807) is 25.4 Å². The second-order valence-corrected chi connectivity index (χ2v) is 6.96. The molecule has 0 saturated carbocycles. The van der Waals surface area contributed by atoms with Gasteiger partial charge in [-0.1, -0.05) is 42.5 Å². The number of aromatic nitrogens is 1. The van der Waals surface area contributed by atoms with Crippen molar-refractivity contribution < 1.29 is 19.1 Å². The summed E-state index contributed by atoms with van der Waals surface area (Å²) < 4.78 is 10.4. The van der Waals surface area contributed by atoms with Crippen LogP contribution in [0.4, 0.5) is 0 Å². The molecule has 4 rings (SSSR count). The van der Waals surface area contributed by atoms with Crippen molar-refractivity contribution in [2.75, 3.05) is 13.7 Å². The van der Waals surface area contributed by atoms with Gasteiger partial charge in [-0.05, 0) is 35.4 Å². The highest BCUT2D eigenvalue weighted by atomic mass is 16.5. The van der Waals surface area contributed by atoms with Gasteiger partial charge in [-0.15, -0.1) is 0 Å². The van der Waals surface area contributed by atoms with Crippen LogP contribution in [0.1, 0.15) is 33.9 Å². The quantitative estimate of drug-likeness (QED) is 0.575. The molecule has 0 saturated heterocycles. The lowest BCUT2D eigenvalue weighted by molar-refractivity contribution is -0.136. The third kappa shape index (κ3) is 4.61. The molecule has 31 heavy (non-hydrogen) atoms. The zero-order chi connectivity index (χ0) is 21.6. The zero-order valence-electron chi connectivity index (χ0n) is 17.0. The number of methoxy groups -OCH3 is 1. The van der Waals surface area contributed by atoms with E-state index in [1.807, 2.05) is 54.6 Å². The van der Waals surface area contributed by atoms with Gasteiger partial charge < -0.3 is 9.47 Å². The smallest absolute Gasteiger partial charge is 0.340 e. The van der Waals surface area contributed by atoms with Gasteiger partial charge in [-0.25, -0.2) is 9.80 Å². The number of carbonyl (C=O) groups excluding carboxylic acids is 2. The molecule has 1 aromatic heterocycles. The van der Waals surface area contributed by atoms with Crippen molar-refractivity contribution in [3.8, 4) is 5.75 Å². The average Bonchev–Trinajstić information content (AvgIpc) is 3.29. The summed E-state index contributed by atoms with van der Waals surface area (Å²) in [6, 6.07) is 20.1. The molecule has 3 aromatic rings. The molecule has 2 aromatic carbocycles. The van der Waals surface area contributed by atoms with E-state index in [2.05, 4.69) is 10.1 Å². The Kier molecular flexibility index (Phi) is 6.03. The van der Waals surface area contributed by atoms with E-state index in [4.69, 9.17) is 9.47 Å². The number of hydrogen-bond acceptors (Lipinski definition) is 6. The van der Waals surface area contributed by atoms with Crippen LogP contribution in [-0.4, -0.2) is 41.3 Å². The number of rotatable bonds is 6. The summed E-state index contributed by atoms with van der Waals surface area (Å²) in [5.74, 6) is -0.271. The maximum absolute atomic E-state index is 13.0. The number of hydrazone groups is 1. The van der Waals surface area contributed by atoms with Crippen molar-refractivity contribution in [3.63, 3.8) is 0 Å². The Morgan fingerprint density at radius 3 is 2.48 bits per heavy atom. The lowest BCUT2D eigenvalue weighted by atomic mass is 9.98. The van der Waals surface area contributed by atoms with E-state index in [9.17, 15) is 9.59 Å². The number of esters is 1. The molecule has 2 heterocycles. The number of benzene rings is 2. The Hall–Kier alpha value is -4.00. The summed E-state index contributed by atoms with van der Waals surface area (Å²) in [6.07, 6.45) is 3.51. The van der Waals surface area contributed by atoms with Crippen molar-refractivity contribution in [3.05, 3.63) is 95.8 Å². The highest BCUT2D eigenvalue weighted by Gasteiger charge is 2.33. The normalized spacial score (nSPS) is 15.3. The molecule has 0 spiro atoms. The minimum atomic E-state index is -0.603. The Bertz CT molecular complexity index is 1080. The molecule has 0 bridgehead atoms. The molecule has 0 radical (unpaired) electrons. The Labute approximate surface area is 179 Å². The van der Waals surface area contributed by atoms with Gasteiger partial charge in [0.2, 0.25) is 0 Å². The maximum atomic E-state index is 13.0. The van der Waals surface area contributed by atoms with Crippen LogP contribution in [0, 0.1) is 0 Å². The van der Waals surface area contributed by atoms with Gasteiger partial charge in [0, 0.05) is 18.8 Å². The fourth-order valence-electron chi connectivity index (χ4n) is 3.39. The topological polar surface area (TPSA) is 81.1 Å². The van der Waals surface area contributed by atoms with Crippen molar-refractivity contribution in [2.24, 2.45) is 5.10 Å². The van der Waals surface area contributed by atoms with Crippen LogP contribution in [0.5, 0.6) is 5.75 Å². The minimum absolute atomic E-state index is 0.289. The lowest BCUT2D eigenvalue weighted by Crippen LogP contribution is -2.31. The van der Waals surface area contributed by atoms with Gasteiger partial charge in [0.1, 0.15) is 5.75 Å². The largest absolute Gasteiger partial charge is 0.497 e. The summed E-state index contributed by atoms with van der Waals surface area (Å²) >= 11 is 0. The van der Waals surface area contributed by atoms with Crippen LogP contribution >= 0.6 is 0 Å². The first-order valence-corrected chi connectivity index (χ1v) is 9.82. The van der Waals surface area contributed by atoms with Crippen molar-refractivity contribution in [2.45, 2.75) is 12.5 Å². The first-order valence-electron chi connectivity index (χ1n) is 9.82. The van der Waals surface area contributed by atoms with Crippen LogP contribution in [0.15, 0.2) is 84.2 Å². The molecule has 0 N–H and O–H groups in total. The molecule has 1 aliphatic heterocycles. The second-order valence-electron chi connectivity index (χ2n) is 6.96. The Morgan fingerprint density at radius 2 is 1.81 bits per heavy atom. The van der Waals surface area contributed by atoms with Crippen LogP contribution in [-0.2, 0) is 9.53 Å². The SMILES string of the molecule is COc1ccc([C@H]2CC(c3ccccc3)=NN2C(=O)COC(=O)c2cccnc2)cc1. The third-order valence-electron chi connectivity index (χ3n) is 5.00. The number of pyridine rings is 1. The molecule has 1 atom stereocenters. The standard InChI is InChI=1S/C24H21N3O4/c1-30-20-11-9-18(10-12-20)22-14-21(17-6-3-2-4-7-17)26-27(22)23(28)16-31-24(29)19-8-5-13-25-15-19/h2-13,15,22H,14,16H2,1H3/t22-/m1/s1. The number of ether oxygens (including phenoxy) is 2. The van der Waals surface area contributed by atoms with E-state index in [-0.39, 0.29) is 11.6 Å². The zero-order valence-corrected chi connectivity index (χ0v) is 17.0. The molecule has 0 fully saturated rings. The first-order chi connectivity index (χ1) is 15.2. The number of nitrogens with zero attached hydrogens (tertiary/aromatic N) is 3. The fraction of sp³-hybridized carbons (Fsp3) is 0.167. The summed E-state index contributed by atoms with van der Waals surface area (Å²) in [5.41, 5.74) is 2.95. The van der Waals surface area contributed by atoms with Gasteiger partial charge >= 0.3 is 5.97 Å². The average molecular weight is 415 g/mol. The lowest BCUT2D eigenvalue weighted by Gasteiger charge is -2.22. The number of carbonyl (C=O) groups is 2. The highest BCUT2D eigenvalue weighted by molar-refractivity contribution is 6.03. The molecule has 1 aliphatic rings. The monoisotopic (exact) mass is 415 g/mol. The van der Waals surface area contributed by atoms with E-state index in [0.717, 1.165) is 22.6 Å². The summed E-state index contributed by atoms with van der Waals surface area (Å²) in [4.78, 5) is 29.0. The van der Waals surface area contributed by atoms with E-state index in [1.165, 1.54) is 11.2 Å². The molecule has 0 aliphatic carbocycles. The summed E-state index contributed by atoms with van der Waals surface area (Å²) in [7, 11) is 1.60. The van der Waals surface area contributed by atoms with E-state index < -0.39 is 18.5 Å². The number of hydrogen-bond donors (Lipinski definition) is 0. The minimum Gasteiger partial charge on any atom is -0.497 e. The van der Waals surface area contributed by atoms with Crippen molar-refractivity contribution in [1.29, 1.82) is 0 Å². The van der Waals surface area contributed by atoms with Gasteiger partial charge in [-0.2, -0.15) is 5.10 Å². The molecule has 1 amide bonds. The van der Waals surface area contributed by atoms with Gasteiger partial charge in [0.15, 0.2) is 6.61 Å². The van der Waals surface area contributed by atoms with Crippen LogP contribution in [0.3, 0.4) is 0 Å². The van der Waals surface area contributed by atoms with Crippen molar-refractivity contribution in [1.82, 2.24) is 9.99 Å². The molecular weight excluding hydrogens is 394 g/mol. The molecule has 156 valence electrons. The van der Waals surface area contributed by atoms with Gasteiger partial charge in [-0.3, -0.25) is 9.78 Å². The highest BCUT2D eigenvalue weighted by Crippen LogP contribution is 2.33. The van der Waals surface area contributed by atoms with Gasteiger partial charge in [0.25, 0.3) is 5.91 Å². The Morgan fingerprint density at radius 1 is 1.03 bits per heavy atom. The third-order valence-corrected chi connectivity index (χ3v) is 5.00. The molecule has 0 unspecified atom stereocenters. The first kappa shape index (κ1) is 20.3. The van der Waals surface area contributed by atoms with Crippen molar-refractivity contribution >= 4 is 17.6 Å². The second kappa shape index (κ2) is 9.21. The summed E-state index contributed by atoms with van der Waals surface area (Å²) in [6.45, 7) is -0.411. The van der Waals surface area contributed by atoms with E-state index in [0.29, 0.717) is 6.42 Å². The molecule has 7 heteroatoms.